The van der Waals surface area contributed by atoms with E-state index in [4.69, 9.17) is 32.7 Å². The number of methoxy groups -OCH3 is 2. The first-order valence-electron chi connectivity index (χ1n) is 5.97. The highest BCUT2D eigenvalue weighted by molar-refractivity contribution is 7.14. The molecule has 0 amide bonds. The van der Waals surface area contributed by atoms with Gasteiger partial charge in [-0.3, -0.25) is 0 Å². The predicted molar refractivity (Wildman–Crippen MR) is 85.9 cm³/mol. The zero-order valence-corrected chi connectivity index (χ0v) is 13.7. The van der Waals surface area contributed by atoms with Crippen LogP contribution in [0.4, 0.5) is 5.69 Å². The van der Waals surface area contributed by atoms with Crippen LogP contribution in [0.3, 0.4) is 0 Å². The van der Waals surface area contributed by atoms with Gasteiger partial charge in [0.2, 0.25) is 0 Å². The van der Waals surface area contributed by atoms with E-state index in [9.17, 15) is 0 Å². The molecule has 20 heavy (non-hydrogen) atoms. The average Bonchev–Trinajstić information content (AvgIpc) is 2.87. The predicted octanol–water partition coefficient (Wildman–Crippen LogP) is 5.25. The normalized spacial score (nSPS) is 12.1. The Morgan fingerprint density at radius 2 is 1.75 bits per heavy atom. The van der Waals surface area contributed by atoms with Crippen LogP contribution >= 0.6 is 34.5 Å². The molecule has 0 radical (unpaired) electrons. The summed E-state index contributed by atoms with van der Waals surface area (Å²) >= 11 is 13.7. The van der Waals surface area contributed by atoms with E-state index in [0.29, 0.717) is 16.5 Å². The fourth-order valence-electron chi connectivity index (χ4n) is 1.83. The van der Waals surface area contributed by atoms with Gasteiger partial charge in [-0.05, 0) is 23.9 Å². The van der Waals surface area contributed by atoms with E-state index in [1.807, 2.05) is 24.4 Å². The molecule has 2 rings (SSSR count). The number of rotatable bonds is 5. The minimum atomic E-state index is 0.0920. The molecule has 0 saturated carbocycles. The first kappa shape index (κ1) is 15.3. The van der Waals surface area contributed by atoms with Crippen molar-refractivity contribution in [3.05, 3.63) is 38.5 Å². The van der Waals surface area contributed by atoms with Crippen LogP contribution in [0.2, 0.25) is 9.36 Å². The van der Waals surface area contributed by atoms with Crippen LogP contribution in [-0.4, -0.2) is 14.2 Å². The molecule has 1 unspecified atom stereocenters. The highest BCUT2D eigenvalue weighted by Gasteiger charge is 2.13. The van der Waals surface area contributed by atoms with E-state index >= 15 is 0 Å². The fourth-order valence-corrected chi connectivity index (χ4v) is 3.02. The Morgan fingerprint density at radius 3 is 2.30 bits per heavy atom. The Bertz CT molecular complexity index is 601. The molecule has 108 valence electrons. The molecule has 0 aliphatic carbocycles. The zero-order valence-electron chi connectivity index (χ0n) is 11.4. The van der Waals surface area contributed by atoms with Gasteiger partial charge in [0.1, 0.15) is 0 Å². The van der Waals surface area contributed by atoms with E-state index < -0.39 is 0 Å². The monoisotopic (exact) mass is 331 g/mol. The highest BCUT2D eigenvalue weighted by atomic mass is 35.5. The van der Waals surface area contributed by atoms with Crippen molar-refractivity contribution in [2.24, 2.45) is 0 Å². The van der Waals surface area contributed by atoms with Crippen molar-refractivity contribution in [1.29, 1.82) is 0 Å². The summed E-state index contributed by atoms with van der Waals surface area (Å²) < 4.78 is 11.3. The van der Waals surface area contributed by atoms with Crippen molar-refractivity contribution < 1.29 is 9.47 Å². The number of thiophene rings is 1. The lowest BCUT2D eigenvalue weighted by Crippen LogP contribution is -2.06. The smallest absolute Gasteiger partial charge is 0.162 e. The maximum atomic E-state index is 6.25. The molecule has 3 nitrogen and oxygen atoms in total. The van der Waals surface area contributed by atoms with Gasteiger partial charge in [-0.15, -0.1) is 11.3 Å². The van der Waals surface area contributed by atoms with Gasteiger partial charge in [0.25, 0.3) is 0 Å². The molecule has 1 N–H and O–H groups in total. The molecule has 1 aromatic heterocycles. The third-order valence-electron chi connectivity index (χ3n) is 2.93. The first-order valence-corrected chi connectivity index (χ1v) is 7.60. The minimum Gasteiger partial charge on any atom is -0.493 e. The zero-order chi connectivity index (χ0) is 14.7. The molecule has 0 aliphatic rings. The van der Waals surface area contributed by atoms with Crippen LogP contribution in [0.5, 0.6) is 11.5 Å². The van der Waals surface area contributed by atoms with Gasteiger partial charge in [-0.2, -0.15) is 0 Å². The summed E-state index contributed by atoms with van der Waals surface area (Å²) in [6.45, 7) is 2.05. The van der Waals surface area contributed by atoms with Gasteiger partial charge in [0, 0.05) is 18.2 Å². The standard InChI is InChI=1S/C14H15Cl2NO2S/c1-8(9-4-14(16)20-7-9)17-11-6-13(19-3)12(18-2)5-10(11)15/h4-8,17H,1-3H3. The lowest BCUT2D eigenvalue weighted by atomic mass is 10.1. The maximum absolute atomic E-state index is 6.25. The summed E-state index contributed by atoms with van der Waals surface area (Å²) in [4.78, 5) is 0. The van der Waals surface area contributed by atoms with E-state index in [2.05, 4.69) is 5.32 Å². The lowest BCUT2D eigenvalue weighted by Gasteiger charge is -2.17. The third-order valence-corrected chi connectivity index (χ3v) is 4.36. The second kappa shape index (κ2) is 6.57. The van der Waals surface area contributed by atoms with Gasteiger partial charge in [-0.1, -0.05) is 23.2 Å². The van der Waals surface area contributed by atoms with E-state index in [1.165, 1.54) is 11.3 Å². The molecule has 0 aliphatic heterocycles. The number of hydrogen-bond donors (Lipinski definition) is 1. The average molecular weight is 332 g/mol. The van der Waals surface area contributed by atoms with Crippen LogP contribution in [0.1, 0.15) is 18.5 Å². The minimum absolute atomic E-state index is 0.0920. The molecular formula is C14H15Cl2NO2S. The summed E-state index contributed by atoms with van der Waals surface area (Å²) in [5, 5.41) is 5.95. The van der Waals surface area contributed by atoms with E-state index in [0.717, 1.165) is 15.6 Å². The van der Waals surface area contributed by atoms with Gasteiger partial charge in [-0.25, -0.2) is 0 Å². The Kier molecular flexibility index (Phi) is 5.02. The number of nitrogens with one attached hydrogen (secondary N) is 1. The maximum Gasteiger partial charge on any atom is 0.162 e. The third kappa shape index (κ3) is 3.32. The lowest BCUT2D eigenvalue weighted by molar-refractivity contribution is 0.355. The number of benzene rings is 1. The second-order valence-electron chi connectivity index (χ2n) is 4.24. The summed E-state index contributed by atoms with van der Waals surface area (Å²) in [5.41, 5.74) is 1.91. The summed E-state index contributed by atoms with van der Waals surface area (Å²) in [7, 11) is 3.18. The van der Waals surface area contributed by atoms with Crippen molar-refractivity contribution in [2.45, 2.75) is 13.0 Å². The van der Waals surface area contributed by atoms with Crippen LogP contribution in [-0.2, 0) is 0 Å². The Hall–Kier alpha value is -1.10. The first-order chi connectivity index (χ1) is 9.55. The Balaban J connectivity index is 2.24. The summed E-state index contributed by atoms with van der Waals surface area (Å²) in [5.74, 6) is 1.24. The molecule has 1 atom stereocenters. The van der Waals surface area contributed by atoms with Crippen LogP contribution in [0.15, 0.2) is 23.6 Å². The van der Waals surface area contributed by atoms with Crippen LogP contribution < -0.4 is 14.8 Å². The molecule has 0 spiro atoms. The van der Waals surface area contributed by atoms with Crippen molar-refractivity contribution in [3.8, 4) is 11.5 Å². The molecule has 0 bridgehead atoms. The van der Waals surface area contributed by atoms with Crippen molar-refractivity contribution in [3.63, 3.8) is 0 Å². The Morgan fingerprint density at radius 1 is 1.10 bits per heavy atom. The van der Waals surface area contributed by atoms with Crippen molar-refractivity contribution in [1.82, 2.24) is 0 Å². The molecule has 2 aromatic rings. The van der Waals surface area contributed by atoms with Gasteiger partial charge in [0.15, 0.2) is 11.5 Å². The Labute approximate surface area is 132 Å². The van der Waals surface area contributed by atoms with E-state index in [1.54, 1.807) is 20.3 Å². The van der Waals surface area contributed by atoms with Crippen LogP contribution in [0.25, 0.3) is 0 Å². The number of hydrogen-bond acceptors (Lipinski definition) is 4. The summed E-state index contributed by atoms with van der Waals surface area (Å²) in [6.07, 6.45) is 0. The molecule has 0 saturated heterocycles. The van der Waals surface area contributed by atoms with Crippen LogP contribution in [0, 0.1) is 0 Å². The van der Waals surface area contributed by atoms with Gasteiger partial charge < -0.3 is 14.8 Å². The summed E-state index contributed by atoms with van der Waals surface area (Å²) in [6, 6.07) is 5.59. The topological polar surface area (TPSA) is 30.5 Å². The molecular weight excluding hydrogens is 317 g/mol. The second-order valence-corrected chi connectivity index (χ2v) is 6.19. The fraction of sp³-hybridized carbons (Fsp3) is 0.286. The molecule has 0 fully saturated rings. The molecule has 1 aromatic carbocycles. The SMILES string of the molecule is COc1cc(Cl)c(NC(C)c2csc(Cl)c2)cc1OC. The van der Waals surface area contributed by atoms with Crippen molar-refractivity contribution >= 4 is 40.2 Å². The number of ether oxygens (including phenoxy) is 2. The number of anilines is 1. The van der Waals surface area contributed by atoms with Crippen molar-refractivity contribution in [2.75, 3.05) is 19.5 Å². The highest BCUT2D eigenvalue weighted by Crippen LogP contribution is 2.37. The molecule has 1 heterocycles. The van der Waals surface area contributed by atoms with E-state index in [-0.39, 0.29) is 6.04 Å². The molecule has 6 heteroatoms. The van der Waals surface area contributed by atoms with Gasteiger partial charge >= 0.3 is 0 Å². The number of halogens is 2. The quantitative estimate of drug-likeness (QED) is 0.812. The largest absolute Gasteiger partial charge is 0.493 e. The van der Waals surface area contributed by atoms with Gasteiger partial charge in [0.05, 0.1) is 29.3 Å².